The monoisotopic (exact) mass is 339 g/mol. The molecule has 0 unspecified atom stereocenters. The van der Waals surface area contributed by atoms with Gasteiger partial charge in [0, 0.05) is 22.7 Å². The molecule has 0 atom stereocenters. The largest absolute Gasteiger partial charge is 0.299 e. The Kier molecular flexibility index (Phi) is 5.84. The predicted octanol–water partition coefficient (Wildman–Crippen LogP) is 5.09. The van der Waals surface area contributed by atoms with E-state index in [1.165, 1.54) is 19.3 Å². The van der Waals surface area contributed by atoms with Crippen molar-refractivity contribution in [2.45, 2.75) is 19.3 Å². The van der Waals surface area contributed by atoms with Crippen LogP contribution in [0.15, 0.2) is 60.2 Å². The summed E-state index contributed by atoms with van der Waals surface area (Å²) in [5, 5.41) is 0.708. The van der Waals surface area contributed by atoms with Crippen LogP contribution in [-0.2, 0) is 0 Å². The van der Waals surface area contributed by atoms with Gasteiger partial charge in [-0.05, 0) is 49.7 Å². The molecule has 0 amide bonds. The zero-order chi connectivity index (χ0) is 16.8. The van der Waals surface area contributed by atoms with E-state index >= 15 is 0 Å². The maximum Gasteiger partial charge on any atom is 0.190 e. The SMILES string of the molecule is O=C(/C(=C/c1ccc(Cl)cc1)CN1CCCCC1)c1ccccc1. The number of halogens is 1. The molecule has 3 heteroatoms. The first-order valence-corrected chi connectivity index (χ1v) is 8.88. The van der Waals surface area contributed by atoms with Gasteiger partial charge in [0.1, 0.15) is 0 Å². The van der Waals surface area contributed by atoms with E-state index in [1.807, 2.05) is 60.7 Å². The lowest BCUT2D eigenvalue weighted by atomic mass is 9.99. The van der Waals surface area contributed by atoms with E-state index in [-0.39, 0.29) is 5.78 Å². The lowest BCUT2D eigenvalue weighted by Crippen LogP contribution is -2.33. The number of hydrogen-bond acceptors (Lipinski definition) is 2. The van der Waals surface area contributed by atoms with Gasteiger partial charge in [0.2, 0.25) is 0 Å². The van der Waals surface area contributed by atoms with Crippen LogP contribution in [-0.4, -0.2) is 30.3 Å². The van der Waals surface area contributed by atoms with Crippen molar-refractivity contribution in [1.82, 2.24) is 4.90 Å². The van der Waals surface area contributed by atoms with Gasteiger partial charge in [-0.25, -0.2) is 0 Å². The standard InChI is InChI=1S/C21H22ClNO/c22-20-11-9-17(10-12-20)15-19(16-23-13-5-2-6-14-23)21(24)18-7-3-1-4-8-18/h1,3-4,7-12,15H,2,5-6,13-14,16H2/b19-15+. The Morgan fingerprint density at radius 2 is 1.62 bits per heavy atom. The van der Waals surface area contributed by atoms with Gasteiger partial charge in [-0.2, -0.15) is 0 Å². The molecule has 24 heavy (non-hydrogen) atoms. The third-order valence-corrected chi connectivity index (χ3v) is 4.63. The van der Waals surface area contributed by atoms with Crippen molar-refractivity contribution < 1.29 is 4.79 Å². The fourth-order valence-corrected chi connectivity index (χ4v) is 3.20. The fourth-order valence-electron chi connectivity index (χ4n) is 3.08. The highest BCUT2D eigenvalue weighted by molar-refractivity contribution is 6.30. The Morgan fingerprint density at radius 3 is 2.29 bits per heavy atom. The van der Waals surface area contributed by atoms with Crippen molar-refractivity contribution in [3.8, 4) is 0 Å². The van der Waals surface area contributed by atoms with Crippen molar-refractivity contribution in [3.63, 3.8) is 0 Å². The predicted molar refractivity (Wildman–Crippen MR) is 100 cm³/mol. The molecule has 0 aliphatic carbocycles. The number of likely N-dealkylation sites (tertiary alicyclic amines) is 1. The second kappa shape index (κ2) is 8.27. The average Bonchev–Trinajstić information content (AvgIpc) is 2.64. The van der Waals surface area contributed by atoms with E-state index in [0.29, 0.717) is 11.6 Å². The van der Waals surface area contributed by atoms with Crippen LogP contribution in [0.2, 0.25) is 5.02 Å². The molecule has 1 fully saturated rings. The van der Waals surface area contributed by atoms with Crippen LogP contribution < -0.4 is 0 Å². The molecule has 1 aliphatic heterocycles. The Bertz CT molecular complexity index is 700. The number of carbonyl (C=O) groups is 1. The summed E-state index contributed by atoms with van der Waals surface area (Å²) in [4.78, 5) is 15.3. The molecule has 0 saturated carbocycles. The number of nitrogens with zero attached hydrogens (tertiary/aromatic N) is 1. The molecular weight excluding hydrogens is 318 g/mol. The Hall–Kier alpha value is -1.90. The Morgan fingerprint density at radius 1 is 0.958 bits per heavy atom. The molecular formula is C21H22ClNO. The number of piperidine rings is 1. The molecule has 0 bridgehead atoms. The molecule has 0 aromatic heterocycles. The number of ketones is 1. The maximum absolute atomic E-state index is 13.0. The van der Waals surface area contributed by atoms with Crippen LogP contribution in [0.5, 0.6) is 0 Å². The van der Waals surface area contributed by atoms with Gasteiger partial charge < -0.3 is 0 Å². The normalized spacial score (nSPS) is 16.1. The van der Waals surface area contributed by atoms with Crippen molar-refractivity contribution in [2.24, 2.45) is 0 Å². The molecule has 0 radical (unpaired) electrons. The zero-order valence-corrected chi connectivity index (χ0v) is 14.5. The van der Waals surface area contributed by atoms with Crippen LogP contribution in [0.25, 0.3) is 6.08 Å². The number of hydrogen-bond donors (Lipinski definition) is 0. The van der Waals surface area contributed by atoms with Gasteiger partial charge in [-0.1, -0.05) is 60.5 Å². The van der Waals surface area contributed by atoms with Crippen LogP contribution in [0.1, 0.15) is 35.2 Å². The topological polar surface area (TPSA) is 20.3 Å². The van der Waals surface area contributed by atoms with Gasteiger partial charge in [0.05, 0.1) is 0 Å². The quantitative estimate of drug-likeness (QED) is 0.558. The van der Waals surface area contributed by atoms with Gasteiger partial charge in [-0.15, -0.1) is 0 Å². The first-order chi connectivity index (χ1) is 11.7. The van der Waals surface area contributed by atoms with Gasteiger partial charge >= 0.3 is 0 Å². The van der Waals surface area contributed by atoms with Crippen molar-refractivity contribution in [2.75, 3.05) is 19.6 Å². The Balaban J connectivity index is 1.87. The zero-order valence-electron chi connectivity index (χ0n) is 13.7. The smallest absolute Gasteiger partial charge is 0.190 e. The van der Waals surface area contributed by atoms with E-state index in [0.717, 1.165) is 29.8 Å². The highest BCUT2D eigenvalue weighted by atomic mass is 35.5. The third kappa shape index (κ3) is 4.56. The van der Waals surface area contributed by atoms with E-state index in [1.54, 1.807) is 0 Å². The minimum atomic E-state index is 0.108. The lowest BCUT2D eigenvalue weighted by molar-refractivity contribution is 0.102. The minimum absolute atomic E-state index is 0.108. The van der Waals surface area contributed by atoms with E-state index in [2.05, 4.69) is 4.90 Å². The number of rotatable bonds is 5. The lowest BCUT2D eigenvalue weighted by Gasteiger charge is -2.27. The summed E-state index contributed by atoms with van der Waals surface area (Å²) in [5.74, 6) is 0.108. The molecule has 2 aromatic rings. The van der Waals surface area contributed by atoms with Gasteiger partial charge in [-0.3, -0.25) is 9.69 Å². The first-order valence-electron chi connectivity index (χ1n) is 8.50. The number of benzene rings is 2. The van der Waals surface area contributed by atoms with Crippen LogP contribution >= 0.6 is 11.6 Å². The van der Waals surface area contributed by atoms with E-state index in [4.69, 9.17) is 11.6 Å². The van der Waals surface area contributed by atoms with Gasteiger partial charge in [0.25, 0.3) is 0 Å². The van der Waals surface area contributed by atoms with Crippen molar-refractivity contribution >= 4 is 23.5 Å². The van der Waals surface area contributed by atoms with E-state index < -0.39 is 0 Å². The van der Waals surface area contributed by atoms with Crippen molar-refractivity contribution in [1.29, 1.82) is 0 Å². The Labute approximate surface area is 148 Å². The molecule has 1 saturated heterocycles. The summed E-state index contributed by atoms with van der Waals surface area (Å²) in [7, 11) is 0. The van der Waals surface area contributed by atoms with Gasteiger partial charge in [0.15, 0.2) is 5.78 Å². The highest BCUT2D eigenvalue weighted by Gasteiger charge is 2.17. The van der Waals surface area contributed by atoms with Crippen LogP contribution in [0.4, 0.5) is 0 Å². The summed E-state index contributed by atoms with van der Waals surface area (Å²) in [6, 6.07) is 17.2. The fraction of sp³-hybridized carbons (Fsp3) is 0.286. The second-order valence-electron chi connectivity index (χ2n) is 6.25. The molecule has 3 rings (SSSR count). The molecule has 2 aromatic carbocycles. The molecule has 2 nitrogen and oxygen atoms in total. The van der Waals surface area contributed by atoms with Crippen LogP contribution in [0.3, 0.4) is 0 Å². The molecule has 0 spiro atoms. The summed E-state index contributed by atoms with van der Waals surface area (Å²) < 4.78 is 0. The van der Waals surface area contributed by atoms with Crippen molar-refractivity contribution in [3.05, 3.63) is 76.3 Å². The molecule has 124 valence electrons. The summed E-state index contributed by atoms with van der Waals surface area (Å²) in [6.45, 7) is 2.84. The number of Topliss-reactive ketones (excluding diaryl/α,β-unsaturated/α-hetero) is 1. The molecule has 1 aliphatic rings. The minimum Gasteiger partial charge on any atom is -0.299 e. The summed E-state index contributed by atoms with van der Waals surface area (Å²) in [5.41, 5.74) is 2.59. The summed E-state index contributed by atoms with van der Waals surface area (Å²) in [6.07, 6.45) is 5.72. The highest BCUT2D eigenvalue weighted by Crippen LogP contribution is 2.18. The molecule has 0 N–H and O–H groups in total. The van der Waals surface area contributed by atoms with Crippen LogP contribution in [0, 0.1) is 0 Å². The first kappa shape index (κ1) is 16.9. The number of carbonyl (C=O) groups excluding carboxylic acids is 1. The van der Waals surface area contributed by atoms with E-state index in [9.17, 15) is 4.79 Å². The second-order valence-corrected chi connectivity index (χ2v) is 6.69. The maximum atomic E-state index is 13.0. The summed E-state index contributed by atoms with van der Waals surface area (Å²) >= 11 is 5.97. The molecule has 1 heterocycles. The third-order valence-electron chi connectivity index (χ3n) is 4.38. The average molecular weight is 340 g/mol.